The molecule has 0 radical (unpaired) electrons. The van der Waals surface area contributed by atoms with E-state index in [1.54, 1.807) is 17.8 Å². The van der Waals surface area contributed by atoms with Gasteiger partial charge in [-0.1, -0.05) is 11.3 Å². The summed E-state index contributed by atoms with van der Waals surface area (Å²) in [6.07, 6.45) is 4.31. The Morgan fingerprint density at radius 2 is 2.09 bits per heavy atom. The number of pyridine rings is 1. The Kier molecular flexibility index (Phi) is 3.14. The van der Waals surface area contributed by atoms with Gasteiger partial charge in [-0.25, -0.2) is 4.68 Å². The van der Waals surface area contributed by atoms with Gasteiger partial charge in [0.15, 0.2) is 0 Å². The van der Waals surface area contributed by atoms with E-state index in [0.717, 1.165) is 33.5 Å². The number of fused-ring (bicyclic) bond motifs is 1. The SMILES string of the molecule is Cn1cccc(-c2ccc3c(nnn3CC3CC3)c2Br)c1=O. The molecular weight excluding hydrogens is 344 g/mol. The van der Waals surface area contributed by atoms with Gasteiger partial charge in [0.05, 0.1) is 9.99 Å². The first-order valence-corrected chi connectivity index (χ1v) is 8.12. The molecule has 22 heavy (non-hydrogen) atoms. The molecule has 0 N–H and O–H groups in total. The zero-order valence-electron chi connectivity index (χ0n) is 12.2. The molecule has 1 aliphatic carbocycles. The molecule has 1 aromatic carbocycles. The summed E-state index contributed by atoms with van der Waals surface area (Å²) in [7, 11) is 1.75. The molecule has 1 aliphatic rings. The minimum absolute atomic E-state index is 0.0204. The third kappa shape index (κ3) is 2.18. The van der Waals surface area contributed by atoms with E-state index in [-0.39, 0.29) is 5.56 Å². The van der Waals surface area contributed by atoms with Crippen molar-refractivity contribution in [2.75, 3.05) is 0 Å². The van der Waals surface area contributed by atoms with Gasteiger partial charge in [0.2, 0.25) is 0 Å². The number of rotatable bonds is 3. The monoisotopic (exact) mass is 358 g/mol. The van der Waals surface area contributed by atoms with E-state index in [1.165, 1.54) is 12.8 Å². The van der Waals surface area contributed by atoms with Crippen LogP contribution in [-0.4, -0.2) is 19.6 Å². The van der Waals surface area contributed by atoms with Crippen molar-refractivity contribution in [3.05, 3.63) is 45.3 Å². The second kappa shape index (κ2) is 5.05. The lowest BCUT2D eigenvalue weighted by molar-refractivity contribution is 0.559. The van der Waals surface area contributed by atoms with Gasteiger partial charge in [-0.05, 0) is 52.9 Å². The Bertz CT molecular complexity index is 924. The number of halogens is 1. The van der Waals surface area contributed by atoms with E-state index < -0.39 is 0 Å². The first-order chi connectivity index (χ1) is 10.6. The van der Waals surface area contributed by atoms with Crippen LogP contribution in [0.5, 0.6) is 0 Å². The van der Waals surface area contributed by atoms with Gasteiger partial charge in [-0.3, -0.25) is 4.79 Å². The van der Waals surface area contributed by atoms with E-state index in [1.807, 2.05) is 28.9 Å². The maximum absolute atomic E-state index is 12.3. The van der Waals surface area contributed by atoms with Crippen molar-refractivity contribution in [1.82, 2.24) is 19.6 Å². The summed E-state index contributed by atoms with van der Waals surface area (Å²) < 4.78 is 4.37. The average molecular weight is 359 g/mol. The molecule has 0 unspecified atom stereocenters. The van der Waals surface area contributed by atoms with Crippen molar-refractivity contribution in [3.63, 3.8) is 0 Å². The van der Waals surface area contributed by atoms with Crippen LogP contribution in [0.15, 0.2) is 39.7 Å². The standard InChI is InChI=1S/C16H15BrN4O/c1-20-8-2-3-12(16(20)22)11-6-7-13-15(14(11)17)18-19-21(13)9-10-4-5-10/h2-3,6-8,10H,4-5,9H2,1H3. The van der Waals surface area contributed by atoms with Crippen molar-refractivity contribution in [2.45, 2.75) is 19.4 Å². The number of benzene rings is 1. The second-order valence-electron chi connectivity index (χ2n) is 5.85. The van der Waals surface area contributed by atoms with Crippen LogP contribution in [0.4, 0.5) is 0 Å². The van der Waals surface area contributed by atoms with Crippen LogP contribution in [0.3, 0.4) is 0 Å². The molecule has 0 amide bonds. The zero-order valence-corrected chi connectivity index (χ0v) is 13.7. The quantitative estimate of drug-likeness (QED) is 0.723. The fourth-order valence-corrected chi connectivity index (χ4v) is 3.32. The fourth-order valence-electron chi connectivity index (χ4n) is 2.69. The van der Waals surface area contributed by atoms with E-state index in [4.69, 9.17) is 0 Å². The smallest absolute Gasteiger partial charge is 0.258 e. The normalized spacial score (nSPS) is 14.6. The summed E-state index contributed by atoms with van der Waals surface area (Å²) in [5, 5.41) is 8.56. The summed E-state index contributed by atoms with van der Waals surface area (Å²) in [5.41, 5.74) is 3.31. The van der Waals surface area contributed by atoms with Crippen molar-refractivity contribution in [1.29, 1.82) is 0 Å². The summed E-state index contributed by atoms with van der Waals surface area (Å²) >= 11 is 3.61. The Balaban J connectivity index is 1.87. The average Bonchev–Trinajstić information content (AvgIpc) is 3.23. The summed E-state index contributed by atoms with van der Waals surface area (Å²) in [6.45, 7) is 0.926. The van der Waals surface area contributed by atoms with Gasteiger partial charge in [0.25, 0.3) is 5.56 Å². The molecule has 0 bridgehead atoms. The summed E-state index contributed by atoms with van der Waals surface area (Å²) in [6, 6.07) is 7.68. The van der Waals surface area contributed by atoms with Crippen LogP contribution >= 0.6 is 15.9 Å². The number of aryl methyl sites for hydroxylation is 1. The minimum Gasteiger partial charge on any atom is -0.318 e. The van der Waals surface area contributed by atoms with Crippen molar-refractivity contribution < 1.29 is 0 Å². The topological polar surface area (TPSA) is 52.7 Å². The largest absolute Gasteiger partial charge is 0.318 e. The summed E-state index contributed by atoms with van der Waals surface area (Å²) in [5.74, 6) is 0.741. The maximum atomic E-state index is 12.3. The molecule has 0 atom stereocenters. The molecule has 1 saturated carbocycles. The van der Waals surface area contributed by atoms with Crippen LogP contribution in [0.25, 0.3) is 22.2 Å². The molecular formula is C16H15BrN4O. The van der Waals surface area contributed by atoms with Crippen molar-refractivity contribution >= 4 is 27.0 Å². The molecule has 6 heteroatoms. The number of hydrogen-bond donors (Lipinski definition) is 0. The van der Waals surface area contributed by atoms with E-state index in [9.17, 15) is 4.79 Å². The lowest BCUT2D eigenvalue weighted by Gasteiger charge is -2.07. The van der Waals surface area contributed by atoms with Crippen LogP contribution in [0, 0.1) is 5.92 Å². The van der Waals surface area contributed by atoms with Gasteiger partial charge in [-0.15, -0.1) is 5.10 Å². The predicted molar refractivity (Wildman–Crippen MR) is 88.6 cm³/mol. The molecule has 5 nitrogen and oxygen atoms in total. The third-order valence-corrected chi connectivity index (χ3v) is 4.97. The highest BCUT2D eigenvalue weighted by molar-refractivity contribution is 9.10. The highest BCUT2D eigenvalue weighted by atomic mass is 79.9. The Morgan fingerprint density at radius 3 is 2.86 bits per heavy atom. The Morgan fingerprint density at radius 1 is 1.27 bits per heavy atom. The van der Waals surface area contributed by atoms with Crippen LogP contribution in [-0.2, 0) is 13.6 Å². The first kappa shape index (κ1) is 13.7. The molecule has 112 valence electrons. The van der Waals surface area contributed by atoms with Gasteiger partial charge >= 0.3 is 0 Å². The fraction of sp³-hybridized carbons (Fsp3) is 0.312. The van der Waals surface area contributed by atoms with Crippen LogP contribution in [0.1, 0.15) is 12.8 Å². The summed E-state index contributed by atoms with van der Waals surface area (Å²) in [4.78, 5) is 12.3. The van der Waals surface area contributed by atoms with Crippen molar-refractivity contribution in [2.24, 2.45) is 13.0 Å². The second-order valence-corrected chi connectivity index (χ2v) is 6.64. The molecule has 1 fully saturated rings. The lowest BCUT2D eigenvalue weighted by Crippen LogP contribution is -2.17. The predicted octanol–water partition coefficient (Wildman–Crippen LogP) is 2.97. The van der Waals surface area contributed by atoms with Crippen molar-refractivity contribution in [3.8, 4) is 11.1 Å². The van der Waals surface area contributed by atoms with Crippen LogP contribution in [0.2, 0.25) is 0 Å². The first-order valence-electron chi connectivity index (χ1n) is 7.33. The van der Waals surface area contributed by atoms with Gasteiger partial charge in [0.1, 0.15) is 5.52 Å². The van der Waals surface area contributed by atoms with Gasteiger partial charge < -0.3 is 4.57 Å². The van der Waals surface area contributed by atoms with E-state index in [2.05, 4.69) is 26.2 Å². The Hall–Kier alpha value is -1.95. The molecule has 2 aromatic heterocycles. The maximum Gasteiger partial charge on any atom is 0.258 e. The molecule has 4 rings (SSSR count). The van der Waals surface area contributed by atoms with Gasteiger partial charge in [0, 0.05) is 30.9 Å². The molecule has 0 spiro atoms. The van der Waals surface area contributed by atoms with Gasteiger partial charge in [-0.2, -0.15) is 0 Å². The molecule has 2 heterocycles. The molecule has 3 aromatic rings. The lowest BCUT2D eigenvalue weighted by atomic mass is 10.1. The number of nitrogens with zero attached hydrogens (tertiary/aromatic N) is 4. The number of aromatic nitrogens is 4. The number of hydrogen-bond acceptors (Lipinski definition) is 3. The van der Waals surface area contributed by atoms with E-state index in [0.29, 0.717) is 5.56 Å². The highest BCUT2D eigenvalue weighted by Gasteiger charge is 2.24. The van der Waals surface area contributed by atoms with Crippen LogP contribution < -0.4 is 5.56 Å². The van der Waals surface area contributed by atoms with E-state index >= 15 is 0 Å². The minimum atomic E-state index is -0.0204. The molecule has 0 saturated heterocycles. The Labute approximate surface area is 135 Å². The zero-order chi connectivity index (χ0) is 15.3. The highest BCUT2D eigenvalue weighted by Crippen LogP contribution is 2.34. The third-order valence-electron chi connectivity index (χ3n) is 4.17. The molecule has 0 aliphatic heterocycles.